The molecule has 3 nitrogen and oxygen atoms in total. The molecule has 1 atom stereocenters. The monoisotopic (exact) mass is 563 g/mol. The molecule has 9 rings (SSSR count). The normalized spacial score (nSPS) is 16.7. The van der Waals surface area contributed by atoms with E-state index in [-0.39, 0.29) is 0 Å². The van der Waals surface area contributed by atoms with Crippen molar-refractivity contribution in [1.29, 1.82) is 0 Å². The van der Waals surface area contributed by atoms with Crippen molar-refractivity contribution in [3.05, 3.63) is 168 Å². The van der Waals surface area contributed by atoms with Crippen LogP contribution in [0.5, 0.6) is 0 Å². The van der Waals surface area contributed by atoms with Crippen LogP contribution in [0.25, 0.3) is 50.6 Å². The molecule has 1 heterocycles. The summed E-state index contributed by atoms with van der Waals surface area (Å²) in [6.07, 6.45) is 7.41. The van der Waals surface area contributed by atoms with E-state index in [4.69, 9.17) is 15.0 Å². The van der Waals surface area contributed by atoms with Crippen molar-refractivity contribution in [1.82, 2.24) is 15.0 Å². The highest BCUT2D eigenvalue weighted by Crippen LogP contribution is 2.62. The van der Waals surface area contributed by atoms with Crippen molar-refractivity contribution >= 4 is 5.57 Å². The van der Waals surface area contributed by atoms with Crippen LogP contribution in [-0.2, 0) is 5.41 Å². The zero-order valence-corrected chi connectivity index (χ0v) is 24.4. The van der Waals surface area contributed by atoms with E-state index in [2.05, 4.69) is 128 Å². The van der Waals surface area contributed by atoms with Crippen LogP contribution in [0.1, 0.15) is 41.4 Å². The standard InChI is InChI=1S/C41H29N3/c1-26-12-11-15-28(24-26)39-42-38(27-13-3-2-4-14-27)43-40(44-39)29-22-23-33-32-18-7-10-21-36(32)41(37(33)25-29)34-19-8-5-16-30(34)31-17-6-9-20-35(31)41/h2-23,25-26H,24H2,1H3. The fraction of sp³-hybridized carbons (Fsp3) is 0.0976. The van der Waals surface area contributed by atoms with Gasteiger partial charge >= 0.3 is 0 Å². The highest BCUT2D eigenvalue weighted by atomic mass is 15.0. The molecule has 3 aliphatic carbocycles. The number of nitrogens with zero attached hydrogens (tertiary/aromatic N) is 3. The molecule has 0 saturated carbocycles. The molecule has 0 fully saturated rings. The third-order valence-corrected chi connectivity index (χ3v) is 9.49. The summed E-state index contributed by atoms with van der Waals surface area (Å²) in [5.41, 5.74) is 13.2. The second-order valence-corrected chi connectivity index (χ2v) is 12.1. The Morgan fingerprint density at radius 2 is 1.05 bits per heavy atom. The number of rotatable bonds is 3. The van der Waals surface area contributed by atoms with Crippen molar-refractivity contribution < 1.29 is 0 Å². The predicted molar refractivity (Wildman–Crippen MR) is 178 cm³/mol. The summed E-state index contributed by atoms with van der Waals surface area (Å²) in [6.45, 7) is 2.23. The maximum Gasteiger partial charge on any atom is 0.164 e. The third-order valence-electron chi connectivity index (χ3n) is 9.49. The number of aromatic nitrogens is 3. The van der Waals surface area contributed by atoms with Gasteiger partial charge in [-0.1, -0.05) is 140 Å². The second-order valence-electron chi connectivity index (χ2n) is 12.1. The van der Waals surface area contributed by atoms with Crippen molar-refractivity contribution in [2.75, 3.05) is 0 Å². The van der Waals surface area contributed by atoms with Crippen molar-refractivity contribution in [3.63, 3.8) is 0 Å². The van der Waals surface area contributed by atoms with Crippen LogP contribution < -0.4 is 0 Å². The molecule has 3 aliphatic rings. The van der Waals surface area contributed by atoms with E-state index in [0.29, 0.717) is 17.6 Å². The largest absolute Gasteiger partial charge is 0.209 e. The smallest absolute Gasteiger partial charge is 0.164 e. The lowest BCUT2D eigenvalue weighted by Crippen LogP contribution is -2.25. The molecule has 1 unspecified atom stereocenters. The molecule has 1 spiro atoms. The maximum atomic E-state index is 5.14. The second kappa shape index (κ2) is 9.55. The summed E-state index contributed by atoms with van der Waals surface area (Å²) >= 11 is 0. The zero-order chi connectivity index (χ0) is 29.3. The maximum absolute atomic E-state index is 5.14. The Labute approximate surface area is 257 Å². The topological polar surface area (TPSA) is 38.7 Å². The summed E-state index contributed by atoms with van der Waals surface area (Å²) in [7, 11) is 0. The van der Waals surface area contributed by atoms with Crippen LogP contribution in [0.15, 0.2) is 140 Å². The SMILES string of the molecule is CC1C=CC=C(c2nc(-c3ccccc3)nc(-c3ccc4c(c3)C3(c5ccccc5-c5ccccc53)c3ccccc3-4)n2)C1. The predicted octanol–water partition coefficient (Wildman–Crippen LogP) is 9.53. The first-order valence-electron chi connectivity index (χ1n) is 15.4. The van der Waals surface area contributed by atoms with Gasteiger partial charge < -0.3 is 0 Å². The van der Waals surface area contributed by atoms with Gasteiger partial charge in [0.15, 0.2) is 17.5 Å². The Hall–Kier alpha value is -5.41. The molecule has 44 heavy (non-hydrogen) atoms. The van der Waals surface area contributed by atoms with E-state index in [1.165, 1.54) is 44.5 Å². The van der Waals surface area contributed by atoms with Gasteiger partial charge in [-0.2, -0.15) is 0 Å². The number of fused-ring (bicyclic) bond motifs is 10. The van der Waals surface area contributed by atoms with Crippen molar-refractivity contribution in [2.24, 2.45) is 5.92 Å². The molecule has 6 aromatic rings. The molecule has 0 saturated heterocycles. The summed E-state index contributed by atoms with van der Waals surface area (Å²) in [5.74, 6) is 2.59. The average molecular weight is 564 g/mol. The van der Waals surface area contributed by atoms with E-state index in [1.54, 1.807) is 0 Å². The third kappa shape index (κ3) is 3.53. The lowest BCUT2D eigenvalue weighted by atomic mass is 9.70. The van der Waals surface area contributed by atoms with Gasteiger partial charge in [0.2, 0.25) is 0 Å². The summed E-state index contributed by atoms with van der Waals surface area (Å²) in [4.78, 5) is 15.2. The number of hydrogen-bond acceptors (Lipinski definition) is 3. The van der Waals surface area contributed by atoms with Crippen molar-refractivity contribution in [3.8, 4) is 45.0 Å². The van der Waals surface area contributed by atoms with E-state index in [9.17, 15) is 0 Å². The van der Waals surface area contributed by atoms with Gasteiger partial charge in [-0.05, 0) is 68.5 Å². The molecule has 0 N–H and O–H groups in total. The molecule has 1 aromatic heterocycles. The van der Waals surface area contributed by atoms with Gasteiger partial charge in [-0.25, -0.2) is 15.0 Å². The molecular formula is C41H29N3. The van der Waals surface area contributed by atoms with E-state index in [1.807, 2.05) is 18.2 Å². The van der Waals surface area contributed by atoms with Crippen LogP contribution in [0.4, 0.5) is 0 Å². The molecule has 5 aromatic carbocycles. The summed E-state index contributed by atoms with van der Waals surface area (Å²) < 4.78 is 0. The highest BCUT2D eigenvalue weighted by Gasteiger charge is 2.51. The van der Waals surface area contributed by atoms with Crippen LogP contribution in [-0.4, -0.2) is 15.0 Å². The van der Waals surface area contributed by atoms with Gasteiger partial charge in [0, 0.05) is 11.1 Å². The Balaban J connectivity index is 1.31. The highest BCUT2D eigenvalue weighted by molar-refractivity contribution is 5.95. The van der Waals surface area contributed by atoms with Crippen LogP contribution in [0.2, 0.25) is 0 Å². The van der Waals surface area contributed by atoms with Gasteiger partial charge in [0.25, 0.3) is 0 Å². The van der Waals surface area contributed by atoms with E-state index >= 15 is 0 Å². The fourth-order valence-corrected chi connectivity index (χ4v) is 7.61. The molecule has 0 amide bonds. The number of allylic oxidation sites excluding steroid dienone is 4. The molecule has 0 aliphatic heterocycles. The summed E-state index contributed by atoms with van der Waals surface area (Å²) in [5, 5.41) is 0. The minimum absolute atomic E-state index is 0.403. The van der Waals surface area contributed by atoms with E-state index in [0.717, 1.165) is 28.9 Å². The summed E-state index contributed by atoms with van der Waals surface area (Å²) in [6, 6.07) is 43.8. The van der Waals surface area contributed by atoms with Crippen LogP contribution >= 0.6 is 0 Å². The first-order chi connectivity index (χ1) is 21.7. The lowest BCUT2D eigenvalue weighted by Gasteiger charge is -2.30. The Morgan fingerprint density at radius 3 is 1.66 bits per heavy atom. The van der Waals surface area contributed by atoms with E-state index < -0.39 is 5.41 Å². The molecule has 0 bridgehead atoms. The number of benzene rings is 5. The molecule has 3 heteroatoms. The fourth-order valence-electron chi connectivity index (χ4n) is 7.61. The van der Waals surface area contributed by atoms with Crippen LogP contribution in [0, 0.1) is 5.92 Å². The van der Waals surface area contributed by atoms with Gasteiger partial charge in [0.05, 0.1) is 5.41 Å². The zero-order valence-electron chi connectivity index (χ0n) is 24.4. The Morgan fingerprint density at radius 1 is 0.523 bits per heavy atom. The van der Waals surface area contributed by atoms with Gasteiger partial charge in [-0.3, -0.25) is 0 Å². The first kappa shape index (κ1) is 25.1. The van der Waals surface area contributed by atoms with Crippen LogP contribution in [0.3, 0.4) is 0 Å². The molecule has 208 valence electrons. The Kier molecular flexibility index (Phi) is 5.45. The Bertz CT molecular complexity index is 2110. The van der Waals surface area contributed by atoms with Crippen molar-refractivity contribution in [2.45, 2.75) is 18.8 Å². The first-order valence-corrected chi connectivity index (χ1v) is 15.4. The minimum atomic E-state index is -0.403. The molecular weight excluding hydrogens is 534 g/mol. The quantitative estimate of drug-likeness (QED) is 0.215. The lowest BCUT2D eigenvalue weighted by molar-refractivity contribution is 0.742. The molecule has 0 radical (unpaired) electrons. The average Bonchev–Trinajstić information content (AvgIpc) is 3.56. The van der Waals surface area contributed by atoms with Gasteiger partial charge in [0.1, 0.15) is 0 Å². The number of hydrogen-bond donors (Lipinski definition) is 0. The van der Waals surface area contributed by atoms with Gasteiger partial charge in [-0.15, -0.1) is 0 Å². The minimum Gasteiger partial charge on any atom is -0.209 e.